The molecule has 31 heavy (non-hydrogen) atoms. The van der Waals surface area contributed by atoms with Gasteiger partial charge in [0.2, 0.25) is 0 Å². The number of carbonyl (C=O) groups excluding carboxylic acids is 1. The van der Waals surface area contributed by atoms with E-state index in [0.29, 0.717) is 29.3 Å². The molecule has 0 radical (unpaired) electrons. The van der Waals surface area contributed by atoms with Crippen LogP contribution in [0.5, 0.6) is 11.5 Å². The van der Waals surface area contributed by atoms with Crippen molar-refractivity contribution >= 4 is 17.1 Å². The molecule has 0 spiro atoms. The lowest BCUT2D eigenvalue weighted by molar-refractivity contribution is 0.100. The Kier molecular flexibility index (Phi) is 5.21. The number of primary amides is 1. The van der Waals surface area contributed by atoms with Gasteiger partial charge in [-0.25, -0.2) is 14.3 Å². The van der Waals surface area contributed by atoms with Gasteiger partial charge in [0.25, 0.3) is 5.91 Å². The molecule has 0 saturated heterocycles. The van der Waals surface area contributed by atoms with E-state index in [1.807, 2.05) is 31.2 Å². The quantitative estimate of drug-likeness (QED) is 0.499. The summed E-state index contributed by atoms with van der Waals surface area (Å²) in [6.07, 6.45) is 0. The lowest BCUT2D eigenvalue weighted by Gasteiger charge is -2.13. The van der Waals surface area contributed by atoms with Gasteiger partial charge in [0.15, 0.2) is 5.65 Å². The number of nitrogens with one attached hydrogen (secondary N) is 1. The van der Waals surface area contributed by atoms with Gasteiger partial charge in [0.05, 0.1) is 36.2 Å². The Morgan fingerprint density at radius 3 is 2.52 bits per heavy atom. The Balaban J connectivity index is 2.04. The van der Waals surface area contributed by atoms with Crippen LogP contribution < -0.4 is 20.9 Å². The molecule has 8 nitrogen and oxygen atoms in total. The minimum atomic E-state index is -0.648. The van der Waals surface area contributed by atoms with Crippen molar-refractivity contribution in [1.29, 1.82) is 0 Å². The number of nitrogens with zero attached hydrogens (tertiary/aromatic N) is 2. The monoisotopic (exact) mass is 418 g/mol. The number of amides is 1. The number of fused-ring (bicyclic) bond motifs is 1. The second-order valence-corrected chi connectivity index (χ2v) is 6.92. The minimum Gasteiger partial charge on any atom is -0.495 e. The zero-order valence-electron chi connectivity index (χ0n) is 17.4. The number of aromatic amines is 1. The average molecular weight is 418 g/mol. The predicted octanol–water partition coefficient (Wildman–Crippen LogP) is 3.20. The minimum absolute atomic E-state index is 0.222. The summed E-state index contributed by atoms with van der Waals surface area (Å²) in [4.78, 5) is 32.8. The highest BCUT2D eigenvalue weighted by Gasteiger charge is 2.23. The zero-order chi connectivity index (χ0) is 22.1. The number of imidazole rings is 1. The first-order valence-corrected chi connectivity index (χ1v) is 9.78. The van der Waals surface area contributed by atoms with E-state index in [1.165, 1.54) is 11.7 Å². The second-order valence-electron chi connectivity index (χ2n) is 6.92. The topological polar surface area (TPSA) is 112 Å². The van der Waals surface area contributed by atoms with Crippen molar-refractivity contribution in [3.63, 3.8) is 0 Å². The highest BCUT2D eigenvalue weighted by atomic mass is 16.5. The summed E-state index contributed by atoms with van der Waals surface area (Å²) < 4.78 is 12.3. The van der Waals surface area contributed by atoms with E-state index in [2.05, 4.69) is 4.98 Å². The molecule has 0 fully saturated rings. The number of carbonyl (C=O) groups is 1. The fraction of sp³-hybridized carbons (Fsp3) is 0.174. The maximum atomic E-state index is 12.9. The number of hydrogen-bond donors (Lipinski definition) is 2. The van der Waals surface area contributed by atoms with Gasteiger partial charge in [0.1, 0.15) is 11.5 Å². The number of H-pyrrole nitrogens is 1. The summed E-state index contributed by atoms with van der Waals surface area (Å²) in [5.74, 6) is 0.578. The third kappa shape index (κ3) is 3.42. The summed E-state index contributed by atoms with van der Waals surface area (Å²) in [6, 6.07) is 14.5. The fourth-order valence-corrected chi connectivity index (χ4v) is 3.71. The Morgan fingerprint density at radius 2 is 1.87 bits per heavy atom. The van der Waals surface area contributed by atoms with Gasteiger partial charge < -0.3 is 20.2 Å². The molecule has 0 aliphatic carbocycles. The van der Waals surface area contributed by atoms with Crippen LogP contribution in [-0.4, -0.2) is 34.2 Å². The van der Waals surface area contributed by atoms with Crippen LogP contribution in [0.2, 0.25) is 0 Å². The third-order valence-electron chi connectivity index (χ3n) is 5.08. The van der Waals surface area contributed by atoms with E-state index in [4.69, 9.17) is 20.2 Å². The molecule has 0 unspecified atom stereocenters. The Morgan fingerprint density at radius 1 is 1.16 bits per heavy atom. The number of methoxy groups -OCH3 is 1. The van der Waals surface area contributed by atoms with E-state index in [1.54, 1.807) is 31.2 Å². The fourth-order valence-electron chi connectivity index (χ4n) is 3.71. The number of benzene rings is 2. The molecule has 0 bridgehead atoms. The molecule has 8 heteroatoms. The van der Waals surface area contributed by atoms with E-state index in [9.17, 15) is 9.59 Å². The smallest absolute Gasteiger partial charge is 0.332 e. The molecular weight excluding hydrogens is 396 g/mol. The summed E-state index contributed by atoms with van der Waals surface area (Å²) >= 11 is 0. The number of para-hydroxylation sites is 2. The van der Waals surface area contributed by atoms with Crippen LogP contribution in [-0.2, 0) is 0 Å². The van der Waals surface area contributed by atoms with Gasteiger partial charge in [0, 0.05) is 5.56 Å². The predicted molar refractivity (Wildman–Crippen MR) is 118 cm³/mol. The first-order valence-electron chi connectivity index (χ1n) is 9.78. The van der Waals surface area contributed by atoms with Crippen molar-refractivity contribution in [1.82, 2.24) is 14.5 Å². The number of rotatable bonds is 6. The van der Waals surface area contributed by atoms with Crippen LogP contribution in [0.3, 0.4) is 0 Å². The van der Waals surface area contributed by atoms with Crippen molar-refractivity contribution < 1.29 is 14.3 Å². The number of hydrogen-bond acceptors (Lipinski definition) is 5. The second kappa shape index (κ2) is 7.98. The molecule has 2 aromatic carbocycles. The van der Waals surface area contributed by atoms with Gasteiger partial charge >= 0.3 is 5.69 Å². The molecule has 0 saturated carbocycles. The average Bonchev–Trinajstić information content (AvgIpc) is 3.08. The van der Waals surface area contributed by atoms with Crippen LogP contribution in [0, 0.1) is 6.92 Å². The molecule has 3 N–H and O–H groups in total. The first-order chi connectivity index (χ1) is 15.0. The van der Waals surface area contributed by atoms with Gasteiger partial charge in [-0.2, -0.15) is 0 Å². The van der Waals surface area contributed by atoms with Crippen molar-refractivity contribution in [2.75, 3.05) is 13.7 Å². The molecular formula is C23H22N4O4. The molecule has 0 atom stereocenters. The highest BCUT2D eigenvalue weighted by molar-refractivity contribution is 6.06. The molecule has 1 amide bonds. The van der Waals surface area contributed by atoms with Crippen LogP contribution in [0.1, 0.15) is 22.8 Å². The lowest BCUT2D eigenvalue weighted by Crippen LogP contribution is -2.16. The van der Waals surface area contributed by atoms with E-state index < -0.39 is 11.6 Å². The van der Waals surface area contributed by atoms with Crippen LogP contribution in [0.4, 0.5) is 0 Å². The molecule has 2 heterocycles. The van der Waals surface area contributed by atoms with Crippen molar-refractivity contribution in [2.45, 2.75) is 13.8 Å². The summed E-state index contributed by atoms with van der Waals surface area (Å²) in [5.41, 5.74) is 8.46. The molecule has 2 aromatic heterocycles. The van der Waals surface area contributed by atoms with E-state index >= 15 is 0 Å². The lowest BCUT2D eigenvalue weighted by atomic mass is 10.0. The van der Waals surface area contributed by atoms with Crippen LogP contribution in [0.25, 0.3) is 28.1 Å². The molecule has 158 valence electrons. The van der Waals surface area contributed by atoms with E-state index in [0.717, 1.165) is 11.3 Å². The first kappa shape index (κ1) is 20.2. The van der Waals surface area contributed by atoms with Gasteiger partial charge in [-0.15, -0.1) is 0 Å². The number of nitrogens with two attached hydrogens (primary N) is 1. The van der Waals surface area contributed by atoms with Crippen molar-refractivity contribution in [3.05, 3.63) is 70.1 Å². The molecule has 4 aromatic rings. The van der Waals surface area contributed by atoms with Gasteiger partial charge in [-0.1, -0.05) is 12.1 Å². The third-order valence-corrected chi connectivity index (χ3v) is 5.08. The van der Waals surface area contributed by atoms with Crippen LogP contribution >= 0.6 is 0 Å². The molecule has 0 aliphatic heterocycles. The summed E-state index contributed by atoms with van der Waals surface area (Å²) in [6.45, 7) is 4.23. The highest BCUT2D eigenvalue weighted by Crippen LogP contribution is 2.31. The summed E-state index contributed by atoms with van der Waals surface area (Å²) in [7, 11) is 1.52. The normalized spacial score (nSPS) is 10.9. The zero-order valence-corrected chi connectivity index (χ0v) is 17.4. The Bertz CT molecular complexity index is 1340. The van der Waals surface area contributed by atoms with Gasteiger partial charge in [-0.3, -0.25) is 4.79 Å². The van der Waals surface area contributed by atoms with Crippen molar-refractivity contribution in [2.24, 2.45) is 5.73 Å². The van der Waals surface area contributed by atoms with E-state index in [-0.39, 0.29) is 16.7 Å². The number of ether oxygens (including phenoxy) is 2. The maximum absolute atomic E-state index is 12.9. The standard InChI is InChI=1S/C23H22N4O4/c1-4-31-15-11-9-14(10-12-15)19-13(2)18(21(24)28)20-22(25-19)27(23(29)26-20)16-7-5-6-8-17(16)30-3/h5-12H,4H2,1-3H3,(H2,24,28)(H,26,29). The Labute approximate surface area is 178 Å². The maximum Gasteiger partial charge on any atom is 0.332 e. The summed E-state index contributed by atoms with van der Waals surface area (Å²) in [5, 5.41) is 0. The Hall–Kier alpha value is -4.07. The van der Waals surface area contributed by atoms with Crippen molar-refractivity contribution in [3.8, 4) is 28.4 Å². The number of pyridine rings is 1. The number of aromatic nitrogens is 3. The van der Waals surface area contributed by atoms with Crippen LogP contribution in [0.15, 0.2) is 53.3 Å². The SMILES string of the molecule is CCOc1ccc(-c2nc3c([nH]c(=O)n3-c3ccccc3OC)c(C(N)=O)c2C)cc1. The largest absolute Gasteiger partial charge is 0.495 e. The molecule has 0 aliphatic rings. The molecule has 4 rings (SSSR count). The van der Waals surface area contributed by atoms with Gasteiger partial charge in [-0.05, 0) is 55.8 Å².